The van der Waals surface area contributed by atoms with E-state index in [4.69, 9.17) is 5.73 Å². The number of hydrogen-bond acceptors (Lipinski definition) is 2. The molecule has 0 radical (unpaired) electrons. The number of hydrogen-bond donors (Lipinski definition) is 1. The van der Waals surface area contributed by atoms with Crippen LogP contribution in [0.1, 0.15) is 38.5 Å². The van der Waals surface area contributed by atoms with Gasteiger partial charge in [0.15, 0.2) is 0 Å². The molecule has 0 aromatic carbocycles. The Bertz CT molecular complexity index is 191. The molecule has 2 N–H and O–H groups in total. The van der Waals surface area contributed by atoms with E-state index in [1.165, 1.54) is 6.42 Å². The highest BCUT2D eigenvalue weighted by Gasteiger charge is 2.26. The highest BCUT2D eigenvalue weighted by atomic mass is 16.1. The van der Waals surface area contributed by atoms with Crippen LogP contribution in [-0.2, 0) is 9.59 Å². The molecule has 1 rings (SSSR count). The SMILES string of the molecule is NC(=O)C1CCCCCCC1C=O. The van der Waals surface area contributed by atoms with E-state index >= 15 is 0 Å². The highest BCUT2D eigenvalue weighted by Crippen LogP contribution is 2.26. The Balaban J connectivity index is 2.60. The molecule has 0 aliphatic heterocycles. The minimum Gasteiger partial charge on any atom is -0.369 e. The first-order valence-electron chi connectivity index (χ1n) is 5.00. The van der Waals surface area contributed by atoms with Crippen LogP contribution in [-0.4, -0.2) is 12.2 Å². The van der Waals surface area contributed by atoms with Gasteiger partial charge in [0.2, 0.25) is 5.91 Å². The van der Waals surface area contributed by atoms with Crippen LogP contribution in [0.4, 0.5) is 0 Å². The Hall–Kier alpha value is -0.860. The molecule has 1 saturated carbocycles. The Morgan fingerprint density at radius 1 is 1.15 bits per heavy atom. The quantitative estimate of drug-likeness (QED) is 0.655. The second-order valence-corrected chi connectivity index (χ2v) is 3.80. The van der Waals surface area contributed by atoms with E-state index in [1.807, 2.05) is 0 Å². The zero-order chi connectivity index (χ0) is 9.68. The van der Waals surface area contributed by atoms with Gasteiger partial charge in [0.05, 0.1) is 0 Å². The number of nitrogens with two attached hydrogens (primary N) is 1. The molecule has 0 saturated heterocycles. The monoisotopic (exact) mass is 183 g/mol. The van der Waals surface area contributed by atoms with Crippen molar-refractivity contribution < 1.29 is 9.59 Å². The second kappa shape index (κ2) is 5.00. The molecule has 0 aromatic rings. The number of carbonyl (C=O) groups is 2. The fourth-order valence-electron chi connectivity index (χ4n) is 2.03. The summed E-state index contributed by atoms with van der Waals surface area (Å²) in [5, 5.41) is 0. The van der Waals surface area contributed by atoms with Crippen molar-refractivity contribution in [3.05, 3.63) is 0 Å². The zero-order valence-corrected chi connectivity index (χ0v) is 7.87. The van der Waals surface area contributed by atoms with Crippen LogP contribution in [0.2, 0.25) is 0 Å². The third kappa shape index (κ3) is 2.83. The summed E-state index contributed by atoms with van der Waals surface area (Å²) in [4.78, 5) is 21.8. The Kier molecular flexibility index (Phi) is 3.93. The largest absolute Gasteiger partial charge is 0.369 e. The normalized spacial score (nSPS) is 30.2. The average molecular weight is 183 g/mol. The summed E-state index contributed by atoms with van der Waals surface area (Å²) >= 11 is 0. The molecule has 2 unspecified atom stereocenters. The summed E-state index contributed by atoms with van der Waals surface area (Å²) in [5.41, 5.74) is 5.26. The molecule has 2 atom stereocenters. The zero-order valence-electron chi connectivity index (χ0n) is 7.87. The van der Waals surface area contributed by atoms with Gasteiger partial charge in [-0.2, -0.15) is 0 Å². The van der Waals surface area contributed by atoms with Gasteiger partial charge in [0.1, 0.15) is 6.29 Å². The number of amides is 1. The van der Waals surface area contributed by atoms with E-state index in [2.05, 4.69) is 0 Å². The number of carbonyl (C=O) groups excluding carboxylic acids is 2. The second-order valence-electron chi connectivity index (χ2n) is 3.80. The maximum Gasteiger partial charge on any atom is 0.221 e. The summed E-state index contributed by atoms with van der Waals surface area (Å²) in [5.74, 6) is -0.644. The van der Waals surface area contributed by atoms with Crippen LogP contribution in [0.25, 0.3) is 0 Å². The molecule has 0 aromatic heterocycles. The standard InChI is InChI=1S/C10H17NO2/c11-10(13)9-6-4-2-1-3-5-8(9)7-12/h7-9H,1-6H2,(H2,11,13). The first-order valence-corrected chi connectivity index (χ1v) is 5.00. The van der Waals surface area contributed by atoms with E-state index in [0.717, 1.165) is 38.4 Å². The first kappa shape index (κ1) is 10.2. The van der Waals surface area contributed by atoms with Crippen LogP contribution >= 0.6 is 0 Å². The summed E-state index contributed by atoms with van der Waals surface area (Å²) < 4.78 is 0. The molecule has 3 nitrogen and oxygen atoms in total. The topological polar surface area (TPSA) is 60.2 Å². The van der Waals surface area contributed by atoms with Crippen LogP contribution in [0.15, 0.2) is 0 Å². The van der Waals surface area contributed by atoms with E-state index in [-0.39, 0.29) is 17.7 Å². The van der Waals surface area contributed by atoms with Gasteiger partial charge in [-0.25, -0.2) is 0 Å². The summed E-state index contributed by atoms with van der Waals surface area (Å²) in [7, 11) is 0. The first-order chi connectivity index (χ1) is 6.25. The molecule has 0 heterocycles. The molecule has 0 spiro atoms. The van der Waals surface area contributed by atoms with E-state index < -0.39 is 0 Å². The molecule has 1 aliphatic rings. The predicted molar refractivity (Wildman–Crippen MR) is 49.9 cm³/mol. The number of primary amides is 1. The molecule has 0 bridgehead atoms. The van der Waals surface area contributed by atoms with Crippen molar-refractivity contribution in [1.29, 1.82) is 0 Å². The van der Waals surface area contributed by atoms with Gasteiger partial charge in [-0.1, -0.05) is 25.7 Å². The number of aldehydes is 1. The molecule has 1 amide bonds. The maximum atomic E-state index is 11.1. The minimum atomic E-state index is -0.306. The lowest BCUT2D eigenvalue weighted by Crippen LogP contribution is -2.31. The van der Waals surface area contributed by atoms with Crippen LogP contribution in [0.3, 0.4) is 0 Å². The summed E-state index contributed by atoms with van der Waals surface area (Å²) in [6.07, 6.45) is 6.94. The van der Waals surface area contributed by atoms with Gasteiger partial charge in [-0.05, 0) is 12.8 Å². The highest BCUT2D eigenvalue weighted by molar-refractivity contribution is 5.80. The number of rotatable bonds is 2. The van der Waals surface area contributed by atoms with Gasteiger partial charge >= 0.3 is 0 Å². The van der Waals surface area contributed by atoms with Crippen molar-refractivity contribution in [2.75, 3.05) is 0 Å². The molecule has 13 heavy (non-hydrogen) atoms. The summed E-state index contributed by atoms with van der Waals surface area (Å²) in [6, 6.07) is 0. The third-order valence-electron chi connectivity index (χ3n) is 2.86. The maximum absolute atomic E-state index is 11.1. The van der Waals surface area contributed by atoms with Crippen molar-refractivity contribution in [2.24, 2.45) is 17.6 Å². The van der Waals surface area contributed by atoms with E-state index in [9.17, 15) is 9.59 Å². The predicted octanol–water partition coefficient (Wildman–Crippen LogP) is 1.26. The molecular weight excluding hydrogens is 166 g/mol. The van der Waals surface area contributed by atoms with Gasteiger partial charge in [-0.3, -0.25) is 4.79 Å². The van der Waals surface area contributed by atoms with Gasteiger partial charge in [-0.15, -0.1) is 0 Å². The van der Waals surface area contributed by atoms with Gasteiger partial charge in [0, 0.05) is 11.8 Å². The van der Waals surface area contributed by atoms with Gasteiger partial charge in [0.25, 0.3) is 0 Å². The molecule has 1 aliphatic carbocycles. The van der Waals surface area contributed by atoms with Crippen LogP contribution < -0.4 is 5.73 Å². The summed E-state index contributed by atoms with van der Waals surface area (Å²) in [6.45, 7) is 0. The average Bonchev–Trinajstić information content (AvgIpc) is 2.03. The van der Waals surface area contributed by atoms with Crippen molar-refractivity contribution >= 4 is 12.2 Å². The molecule has 3 heteroatoms. The van der Waals surface area contributed by atoms with Crippen molar-refractivity contribution in [3.8, 4) is 0 Å². The van der Waals surface area contributed by atoms with Crippen molar-refractivity contribution in [2.45, 2.75) is 38.5 Å². The Labute approximate surface area is 78.7 Å². The Morgan fingerprint density at radius 2 is 1.77 bits per heavy atom. The minimum absolute atomic E-state index is 0.127. The molecule has 74 valence electrons. The molecule has 1 fully saturated rings. The fourth-order valence-corrected chi connectivity index (χ4v) is 2.03. The third-order valence-corrected chi connectivity index (χ3v) is 2.86. The van der Waals surface area contributed by atoms with Gasteiger partial charge < -0.3 is 10.5 Å². The fraction of sp³-hybridized carbons (Fsp3) is 0.800. The lowest BCUT2D eigenvalue weighted by atomic mass is 9.82. The van der Waals surface area contributed by atoms with Crippen LogP contribution in [0.5, 0.6) is 0 Å². The lowest BCUT2D eigenvalue weighted by Gasteiger charge is -2.22. The van der Waals surface area contributed by atoms with E-state index in [0.29, 0.717) is 0 Å². The lowest BCUT2D eigenvalue weighted by molar-refractivity contribution is -0.127. The van der Waals surface area contributed by atoms with Crippen LogP contribution in [0, 0.1) is 11.8 Å². The van der Waals surface area contributed by atoms with Crippen molar-refractivity contribution in [3.63, 3.8) is 0 Å². The Morgan fingerprint density at radius 3 is 2.31 bits per heavy atom. The molecular formula is C10H17NO2. The van der Waals surface area contributed by atoms with E-state index in [1.54, 1.807) is 0 Å². The van der Waals surface area contributed by atoms with Crippen molar-refractivity contribution in [1.82, 2.24) is 0 Å². The smallest absolute Gasteiger partial charge is 0.221 e.